The van der Waals surface area contributed by atoms with Crippen LogP contribution in [0, 0.1) is 11.8 Å². The molecule has 4 nitrogen and oxygen atoms in total. The number of ether oxygens (including phenoxy) is 2. The minimum Gasteiger partial charge on any atom is -0.493 e. The molecule has 0 saturated heterocycles. The lowest BCUT2D eigenvalue weighted by molar-refractivity contribution is -0.132. The second kappa shape index (κ2) is 7.73. The topological polar surface area (TPSA) is 55.8 Å². The van der Waals surface area contributed by atoms with Crippen LogP contribution in [0.3, 0.4) is 0 Å². The van der Waals surface area contributed by atoms with Crippen molar-refractivity contribution in [1.29, 1.82) is 0 Å². The number of hydrogen-bond donors (Lipinski definition) is 1. The molecule has 3 aromatic carbocycles. The number of aliphatic hydroxyl groups excluding tert-OH is 1. The van der Waals surface area contributed by atoms with Gasteiger partial charge in [0.15, 0.2) is 11.5 Å². The number of carbonyl (C=O) groups is 1. The molecular weight excluding hydrogens is 328 g/mol. The highest BCUT2D eigenvalue weighted by molar-refractivity contribution is 5.88. The number of benzene rings is 3. The summed E-state index contributed by atoms with van der Waals surface area (Å²) in [7, 11) is 1.48. The van der Waals surface area contributed by atoms with Crippen molar-refractivity contribution in [2.24, 2.45) is 0 Å². The van der Waals surface area contributed by atoms with Gasteiger partial charge in [-0.05, 0) is 34.5 Å². The lowest BCUT2D eigenvalue weighted by Crippen LogP contribution is -2.05. The quantitative estimate of drug-likeness (QED) is 0.447. The number of carbonyl (C=O) groups excluding carboxylic acids is 1. The lowest BCUT2D eigenvalue weighted by atomic mass is 10.0. The number of methoxy groups -OCH3 is 1. The summed E-state index contributed by atoms with van der Waals surface area (Å²) in [6.45, 7) is 1.15. The zero-order valence-electron chi connectivity index (χ0n) is 14.6. The second-order valence-electron chi connectivity index (χ2n) is 5.70. The monoisotopic (exact) mass is 346 g/mol. The van der Waals surface area contributed by atoms with Gasteiger partial charge >= 0.3 is 5.97 Å². The van der Waals surface area contributed by atoms with Crippen molar-refractivity contribution < 1.29 is 19.4 Å². The molecule has 3 aromatic rings. The Kier molecular flexibility index (Phi) is 5.21. The van der Waals surface area contributed by atoms with Crippen LogP contribution >= 0.6 is 0 Å². The van der Waals surface area contributed by atoms with Crippen molar-refractivity contribution in [3.63, 3.8) is 0 Å². The van der Waals surface area contributed by atoms with Gasteiger partial charge in [0.05, 0.1) is 19.3 Å². The van der Waals surface area contributed by atoms with E-state index in [0.29, 0.717) is 16.9 Å². The molecule has 0 aliphatic rings. The summed E-state index contributed by atoms with van der Waals surface area (Å²) in [6.07, 6.45) is 0. The molecule has 0 aliphatic heterocycles. The number of esters is 1. The molecule has 0 bridgehead atoms. The first-order chi connectivity index (χ1) is 12.6. The number of aliphatic hydroxyl groups is 1. The van der Waals surface area contributed by atoms with Crippen molar-refractivity contribution in [2.45, 2.75) is 13.5 Å². The van der Waals surface area contributed by atoms with Gasteiger partial charge in [-0.3, -0.25) is 4.79 Å². The summed E-state index contributed by atoms with van der Waals surface area (Å²) >= 11 is 0. The average molecular weight is 346 g/mol. The van der Waals surface area contributed by atoms with Gasteiger partial charge in [0.2, 0.25) is 0 Å². The number of fused-ring (bicyclic) bond motifs is 1. The molecule has 0 aromatic heterocycles. The molecule has 1 N–H and O–H groups in total. The van der Waals surface area contributed by atoms with Crippen LogP contribution in [-0.2, 0) is 11.4 Å². The normalized spacial score (nSPS) is 10.1. The lowest BCUT2D eigenvalue weighted by Gasteiger charge is -2.11. The van der Waals surface area contributed by atoms with E-state index in [4.69, 9.17) is 9.47 Å². The third-order valence-electron chi connectivity index (χ3n) is 3.88. The van der Waals surface area contributed by atoms with Gasteiger partial charge in [0, 0.05) is 12.5 Å². The Balaban J connectivity index is 2.15. The van der Waals surface area contributed by atoms with Crippen LogP contribution in [0.4, 0.5) is 0 Å². The van der Waals surface area contributed by atoms with Gasteiger partial charge in [0.1, 0.15) is 0 Å². The van der Waals surface area contributed by atoms with Crippen molar-refractivity contribution in [1.82, 2.24) is 0 Å². The zero-order valence-corrected chi connectivity index (χ0v) is 14.6. The minimum atomic E-state index is -0.465. The molecule has 0 amide bonds. The molecule has 130 valence electrons. The fourth-order valence-electron chi connectivity index (χ4n) is 2.71. The number of hydrogen-bond acceptors (Lipinski definition) is 4. The molecule has 0 fully saturated rings. The maximum absolute atomic E-state index is 11.5. The number of rotatable bonds is 3. The standard InChI is InChI=1S/C22H18O4/c1-15(24)26-22-19(12-16(14-23)13-21(22)25-2)11-10-18-8-5-7-17-6-3-4-9-20(17)18/h3-9,12-13,23H,14H2,1-2H3. The Bertz CT molecular complexity index is 1020. The highest BCUT2D eigenvalue weighted by Gasteiger charge is 2.14. The van der Waals surface area contributed by atoms with Crippen LogP contribution in [0.1, 0.15) is 23.6 Å². The molecule has 0 saturated carbocycles. The third kappa shape index (κ3) is 3.69. The predicted molar refractivity (Wildman–Crippen MR) is 100 cm³/mol. The Morgan fingerprint density at radius 2 is 1.77 bits per heavy atom. The molecule has 0 spiro atoms. The SMILES string of the molecule is COc1cc(CO)cc(C#Cc2cccc3ccccc23)c1OC(C)=O. The smallest absolute Gasteiger partial charge is 0.308 e. The van der Waals surface area contributed by atoms with Gasteiger partial charge in [-0.15, -0.1) is 0 Å². The predicted octanol–water partition coefficient (Wildman–Crippen LogP) is 3.67. The summed E-state index contributed by atoms with van der Waals surface area (Å²) in [5, 5.41) is 11.6. The van der Waals surface area contributed by atoms with Crippen LogP contribution < -0.4 is 9.47 Å². The maximum Gasteiger partial charge on any atom is 0.308 e. The Hall–Kier alpha value is -3.29. The van der Waals surface area contributed by atoms with Crippen molar-refractivity contribution in [3.05, 3.63) is 71.3 Å². The van der Waals surface area contributed by atoms with E-state index in [1.807, 2.05) is 42.5 Å². The molecule has 0 atom stereocenters. The van der Waals surface area contributed by atoms with E-state index in [1.165, 1.54) is 14.0 Å². The van der Waals surface area contributed by atoms with Crippen molar-refractivity contribution >= 4 is 16.7 Å². The first kappa shape index (κ1) is 17.5. The van der Waals surface area contributed by atoms with E-state index in [-0.39, 0.29) is 12.4 Å². The molecule has 0 unspecified atom stereocenters. The Morgan fingerprint density at radius 3 is 2.50 bits per heavy atom. The van der Waals surface area contributed by atoms with E-state index in [1.54, 1.807) is 12.1 Å². The molecular formula is C22H18O4. The van der Waals surface area contributed by atoms with Crippen molar-refractivity contribution in [3.8, 4) is 23.3 Å². The van der Waals surface area contributed by atoms with E-state index >= 15 is 0 Å². The van der Waals surface area contributed by atoms with E-state index in [9.17, 15) is 9.90 Å². The second-order valence-corrected chi connectivity index (χ2v) is 5.70. The van der Waals surface area contributed by atoms with Crippen LogP contribution in [0.15, 0.2) is 54.6 Å². The van der Waals surface area contributed by atoms with Gasteiger partial charge in [-0.2, -0.15) is 0 Å². The fourth-order valence-corrected chi connectivity index (χ4v) is 2.71. The van der Waals surface area contributed by atoms with E-state index < -0.39 is 5.97 Å². The van der Waals surface area contributed by atoms with Crippen LogP contribution in [0.25, 0.3) is 10.8 Å². The van der Waals surface area contributed by atoms with Crippen LogP contribution in [0.5, 0.6) is 11.5 Å². The molecule has 3 rings (SSSR count). The third-order valence-corrected chi connectivity index (χ3v) is 3.88. The first-order valence-electron chi connectivity index (χ1n) is 8.12. The van der Waals surface area contributed by atoms with Crippen LogP contribution in [0.2, 0.25) is 0 Å². The van der Waals surface area contributed by atoms with Gasteiger partial charge in [-0.25, -0.2) is 0 Å². The molecule has 4 heteroatoms. The van der Waals surface area contributed by atoms with Crippen molar-refractivity contribution in [2.75, 3.05) is 7.11 Å². The van der Waals surface area contributed by atoms with Crippen LogP contribution in [-0.4, -0.2) is 18.2 Å². The average Bonchev–Trinajstić information content (AvgIpc) is 2.66. The van der Waals surface area contributed by atoms with E-state index in [0.717, 1.165) is 16.3 Å². The minimum absolute atomic E-state index is 0.167. The van der Waals surface area contributed by atoms with E-state index in [2.05, 4.69) is 11.8 Å². The Morgan fingerprint density at radius 1 is 1.04 bits per heavy atom. The van der Waals surface area contributed by atoms with Gasteiger partial charge in [0.25, 0.3) is 0 Å². The Labute approximate surface area is 152 Å². The van der Waals surface area contributed by atoms with Gasteiger partial charge in [-0.1, -0.05) is 48.2 Å². The molecule has 0 heterocycles. The molecule has 0 radical (unpaired) electrons. The summed E-state index contributed by atoms with van der Waals surface area (Å²) < 4.78 is 10.6. The summed E-state index contributed by atoms with van der Waals surface area (Å²) in [6, 6.07) is 17.2. The summed E-state index contributed by atoms with van der Waals surface area (Å²) in [5.74, 6) is 6.35. The molecule has 0 aliphatic carbocycles. The maximum atomic E-state index is 11.5. The highest BCUT2D eigenvalue weighted by Crippen LogP contribution is 2.33. The summed E-state index contributed by atoms with van der Waals surface area (Å²) in [4.78, 5) is 11.5. The molecule has 26 heavy (non-hydrogen) atoms. The summed E-state index contributed by atoms with van der Waals surface area (Å²) in [5.41, 5.74) is 1.97. The first-order valence-corrected chi connectivity index (χ1v) is 8.12. The zero-order chi connectivity index (χ0) is 18.5. The van der Waals surface area contributed by atoms with Gasteiger partial charge < -0.3 is 14.6 Å². The fraction of sp³-hybridized carbons (Fsp3) is 0.136. The highest BCUT2D eigenvalue weighted by atomic mass is 16.6. The largest absolute Gasteiger partial charge is 0.493 e.